The summed E-state index contributed by atoms with van der Waals surface area (Å²) in [7, 11) is -4.48. The third kappa shape index (κ3) is 8.41. The van der Waals surface area contributed by atoms with Crippen LogP contribution >= 0.6 is 11.3 Å². The largest absolute Gasteiger partial charge is 0.674 e. The van der Waals surface area contributed by atoms with Gasteiger partial charge in [0.2, 0.25) is 15.8 Å². The van der Waals surface area contributed by atoms with Crippen LogP contribution in [-0.2, 0) is 33.7 Å². The van der Waals surface area contributed by atoms with Crippen LogP contribution in [-0.4, -0.2) is 71.0 Å². The molecule has 1 saturated heterocycles. The molecule has 0 spiro atoms. The number of fused-ring (bicyclic) bond motifs is 1. The number of piperazine rings is 1. The van der Waals surface area contributed by atoms with Crippen molar-refractivity contribution in [3.63, 3.8) is 0 Å². The first-order chi connectivity index (χ1) is 22.3. The molecule has 1 aliphatic rings. The summed E-state index contributed by atoms with van der Waals surface area (Å²) in [5.74, 6) is -3.85. The number of benzene rings is 2. The van der Waals surface area contributed by atoms with E-state index in [9.17, 15) is 57.8 Å². The van der Waals surface area contributed by atoms with E-state index in [-0.39, 0.29) is 46.4 Å². The Bertz CT molecular complexity index is 1870. The van der Waals surface area contributed by atoms with Crippen molar-refractivity contribution in [3.05, 3.63) is 77.2 Å². The topological polar surface area (TPSA) is 150 Å². The zero-order valence-corrected chi connectivity index (χ0v) is 25.3. The summed E-state index contributed by atoms with van der Waals surface area (Å²) in [6, 6.07) is 4.31. The van der Waals surface area contributed by atoms with Crippen LogP contribution in [0, 0.1) is 5.82 Å². The molecule has 0 saturated carbocycles. The number of halogens is 9. The van der Waals surface area contributed by atoms with Crippen LogP contribution < -0.4 is 9.64 Å². The van der Waals surface area contributed by atoms with E-state index < -0.39 is 69.6 Å². The first kappa shape index (κ1) is 36.6. The van der Waals surface area contributed by atoms with Gasteiger partial charge in [0.15, 0.2) is 10.8 Å². The average Bonchev–Trinajstić information content (AvgIpc) is 3.44. The number of nitrogens with zero attached hydrogens (tertiary/aromatic N) is 5. The summed E-state index contributed by atoms with van der Waals surface area (Å²) in [5, 5.41) is 9.77. The summed E-state index contributed by atoms with van der Waals surface area (Å²) >= 11 is 0.901. The number of alkyl halides is 8. The molecule has 2 aromatic heterocycles. The zero-order valence-electron chi connectivity index (χ0n) is 23.6. The summed E-state index contributed by atoms with van der Waals surface area (Å²) < 4.78 is 144. The minimum Gasteiger partial charge on any atom is -0.674 e. The van der Waals surface area contributed by atoms with Crippen molar-refractivity contribution in [1.29, 1.82) is 0 Å². The molecular formula is C26H20F9N6O5S2-. The fraction of sp³-hybridized carbons (Fsp3) is 0.308. The molecule has 1 fully saturated rings. The van der Waals surface area contributed by atoms with Crippen molar-refractivity contribution < 1.29 is 62.6 Å². The Morgan fingerprint density at radius 2 is 1.71 bits per heavy atom. The van der Waals surface area contributed by atoms with E-state index in [2.05, 4.69) is 19.7 Å². The summed E-state index contributed by atoms with van der Waals surface area (Å²) in [6.45, 7) is -4.03. The second kappa shape index (κ2) is 14.1. The highest BCUT2D eigenvalue weighted by atomic mass is 32.2. The van der Waals surface area contributed by atoms with E-state index >= 15 is 0 Å². The van der Waals surface area contributed by atoms with Crippen LogP contribution in [0.25, 0.3) is 16.1 Å². The molecule has 2 aromatic carbocycles. The number of carboxylic acid groups (broad SMARTS) is 1. The van der Waals surface area contributed by atoms with E-state index in [1.807, 2.05) is 0 Å². The van der Waals surface area contributed by atoms with Crippen molar-refractivity contribution in [1.82, 2.24) is 19.3 Å². The number of sulfonamides is 1. The van der Waals surface area contributed by atoms with Crippen molar-refractivity contribution in [2.45, 2.75) is 36.4 Å². The van der Waals surface area contributed by atoms with Gasteiger partial charge < -0.3 is 20.5 Å². The maximum absolute atomic E-state index is 13.0. The van der Waals surface area contributed by atoms with Gasteiger partial charge in [0, 0.05) is 25.7 Å². The Labute approximate surface area is 268 Å². The molecule has 5 rings (SSSR count). The number of carboxylic acids is 1. The average molecular weight is 732 g/mol. The lowest BCUT2D eigenvalue weighted by atomic mass is 10.2. The van der Waals surface area contributed by atoms with E-state index in [0.29, 0.717) is 16.4 Å². The third-order valence-electron chi connectivity index (χ3n) is 6.51. The van der Waals surface area contributed by atoms with Crippen molar-refractivity contribution >= 4 is 42.8 Å². The summed E-state index contributed by atoms with van der Waals surface area (Å²) in [4.78, 5) is 23.4. The highest BCUT2D eigenvalue weighted by Crippen LogP contribution is 2.34. The first-order valence-electron chi connectivity index (χ1n) is 13.1. The van der Waals surface area contributed by atoms with Gasteiger partial charge in [-0.15, -0.1) is 6.54 Å². The van der Waals surface area contributed by atoms with Gasteiger partial charge in [-0.3, -0.25) is 4.79 Å². The van der Waals surface area contributed by atoms with Crippen LogP contribution in [0.15, 0.2) is 53.6 Å². The molecule has 11 nitrogen and oxygen atoms in total. The maximum Gasteiger partial charge on any atom is 0.451 e. The molecule has 1 aliphatic heterocycles. The molecule has 3 heterocycles. The van der Waals surface area contributed by atoms with Gasteiger partial charge in [-0.05, 0) is 35.9 Å². The lowest BCUT2D eigenvalue weighted by molar-refractivity contribution is -0.145. The minimum atomic E-state index is -4.79. The van der Waals surface area contributed by atoms with Gasteiger partial charge in [0.05, 0.1) is 21.4 Å². The predicted octanol–water partition coefficient (Wildman–Crippen LogP) is 6.07. The molecule has 4 aromatic rings. The molecule has 48 heavy (non-hydrogen) atoms. The van der Waals surface area contributed by atoms with Gasteiger partial charge in [-0.1, -0.05) is 17.4 Å². The van der Waals surface area contributed by atoms with E-state index in [1.165, 1.54) is 17.0 Å². The number of aromatic nitrogens is 3. The summed E-state index contributed by atoms with van der Waals surface area (Å²) in [6.07, 6.45) is -8.53. The van der Waals surface area contributed by atoms with Gasteiger partial charge in [0.25, 0.3) is 0 Å². The highest BCUT2D eigenvalue weighted by Gasteiger charge is 2.42. The number of hydrogen-bond donors (Lipinski definition) is 1. The van der Waals surface area contributed by atoms with Gasteiger partial charge in [-0.25, -0.2) is 22.8 Å². The van der Waals surface area contributed by atoms with Crippen LogP contribution in [0.1, 0.15) is 17.0 Å². The van der Waals surface area contributed by atoms with Crippen LogP contribution in [0.2, 0.25) is 0 Å². The number of hydrogen-bond acceptors (Lipinski definition) is 9. The van der Waals surface area contributed by atoms with Crippen molar-refractivity contribution in [3.8, 4) is 5.75 Å². The Balaban J connectivity index is 0.000000336. The summed E-state index contributed by atoms with van der Waals surface area (Å²) in [5.41, 5.74) is 5.70. The van der Waals surface area contributed by atoms with Crippen molar-refractivity contribution in [2.75, 3.05) is 24.5 Å². The van der Waals surface area contributed by atoms with Crippen LogP contribution in [0.5, 0.6) is 5.75 Å². The van der Waals surface area contributed by atoms with Crippen LogP contribution in [0.4, 0.5) is 44.6 Å². The number of thiazole rings is 1. The fourth-order valence-electron chi connectivity index (χ4n) is 4.23. The number of carbonyl (C=O) groups is 1. The lowest BCUT2D eigenvalue weighted by Crippen LogP contribution is -2.58. The molecular weight excluding hydrogens is 711 g/mol. The quantitative estimate of drug-likeness (QED) is 0.224. The van der Waals surface area contributed by atoms with E-state index in [4.69, 9.17) is 5.73 Å². The number of nitrogens with one attached hydrogen (secondary N) is 1. The van der Waals surface area contributed by atoms with Gasteiger partial charge in [-0.2, -0.15) is 44.4 Å². The third-order valence-corrected chi connectivity index (χ3v) is 9.47. The molecule has 0 radical (unpaired) electrons. The molecule has 260 valence electrons. The maximum atomic E-state index is 13.0. The lowest BCUT2D eigenvalue weighted by Gasteiger charge is -2.38. The van der Waals surface area contributed by atoms with E-state index in [0.717, 1.165) is 35.7 Å². The molecule has 1 atom stereocenters. The number of aliphatic carboxylic acids is 1. The monoisotopic (exact) mass is 731 g/mol. The Kier molecular flexibility index (Phi) is 10.7. The molecule has 0 unspecified atom stereocenters. The molecule has 0 amide bonds. The zero-order chi connectivity index (χ0) is 35.6. The SMILES string of the molecule is O=C(O)[C@H]1CN(c2nc3nc(C(F)(F)F)ncc3s2)CCN1S(=O)(=O)c1ccc(C(F)(F)F)cc1.[NH-]Cc1ccc(OC(F)F)cc1F. The number of ether oxygens (including phenoxy) is 1. The van der Waals surface area contributed by atoms with E-state index in [1.54, 1.807) is 0 Å². The molecule has 2 N–H and O–H groups in total. The predicted molar refractivity (Wildman–Crippen MR) is 150 cm³/mol. The van der Waals surface area contributed by atoms with Gasteiger partial charge >= 0.3 is 24.9 Å². The fourth-order valence-corrected chi connectivity index (χ4v) is 6.70. The molecule has 0 aliphatic carbocycles. The standard InChI is InChI=1S/C18H13F6N5O4S2.C8H7F3NO/c19-17(20,21)9-1-3-10(4-2-9)35(32,33)29-6-5-28(8-11(29)14(30)31)16-27-13-12(34-16)7-25-15(26-13)18(22,23)24;9-7-3-6(13-8(10)11)2-1-5(7)4-12/h1-4,7,11H,5-6,8H2,(H,30,31);1-3,8,12H,4H2/q;-1/t11-;/m1./s1. The number of anilines is 1. The second-order valence-electron chi connectivity index (χ2n) is 9.62. The van der Waals surface area contributed by atoms with Gasteiger partial charge in [0.1, 0.15) is 17.6 Å². The normalized spacial score (nSPS) is 16.1. The Morgan fingerprint density at radius 3 is 2.25 bits per heavy atom. The molecule has 22 heteroatoms. The molecule has 0 bridgehead atoms. The second-order valence-corrected chi connectivity index (χ2v) is 12.5. The Morgan fingerprint density at radius 1 is 1.04 bits per heavy atom. The number of rotatable bonds is 7. The van der Waals surface area contributed by atoms with Crippen molar-refractivity contribution in [2.24, 2.45) is 0 Å². The minimum absolute atomic E-state index is 0.0803. The first-order valence-corrected chi connectivity index (χ1v) is 15.3. The smallest absolute Gasteiger partial charge is 0.451 e. The van der Waals surface area contributed by atoms with Crippen LogP contribution in [0.3, 0.4) is 0 Å². The Hall–Kier alpha value is -4.28. The highest BCUT2D eigenvalue weighted by molar-refractivity contribution is 7.89.